The molecule has 1 aromatic carbocycles. The van der Waals surface area contributed by atoms with Gasteiger partial charge in [0.1, 0.15) is 5.82 Å². The Hall–Kier alpha value is -1.59. The summed E-state index contributed by atoms with van der Waals surface area (Å²) in [5.74, 6) is -2.24. The third-order valence-corrected chi connectivity index (χ3v) is 2.57. The van der Waals surface area contributed by atoms with E-state index >= 15 is 0 Å². The molecule has 18 heavy (non-hydrogen) atoms. The van der Waals surface area contributed by atoms with Gasteiger partial charge in [-0.2, -0.15) is 13.2 Å². The number of methoxy groups -OCH3 is 1. The quantitative estimate of drug-likeness (QED) is 0.617. The van der Waals surface area contributed by atoms with E-state index in [-0.39, 0.29) is 6.42 Å². The molecular weight excluding hydrogens is 252 g/mol. The summed E-state index contributed by atoms with van der Waals surface area (Å²) in [6.45, 7) is 1.61. The van der Waals surface area contributed by atoms with Crippen LogP contribution < -0.4 is 0 Å². The van der Waals surface area contributed by atoms with Gasteiger partial charge in [-0.1, -0.05) is 13.0 Å². The number of carbonyl (C=O) groups is 1. The molecule has 1 aromatic rings. The second kappa shape index (κ2) is 5.37. The van der Waals surface area contributed by atoms with E-state index in [2.05, 4.69) is 4.74 Å². The fraction of sp³-hybridized carbons (Fsp3) is 0.417. The van der Waals surface area contributed by atoms with Crippen molar-refractivity contribution in [3.05, 3.63) is 35.1 Å². The SMILES string of the molecule is COC(=O)CC(C)c1ccc(C(F)(F)F)c(F)c1. The molecule has 1 atom stereocenters. The lowest BCUT2D eigenvalue weighted by molar-refractivity contribution is -0.141. The molecule has 0 aromatic heterocycles. The number of ether oxygens (including phenoxy) is 1. The van der Waals surface area contributed by atoms with E-state index in [1.165, 1.54) is 13.2 Å². The first-order valence-corrected chi connectivity index (χ1v) is 5.19. The predicted molar refractivity (Wildman–Crippen MR) is 56.5 cm³/mol. The predicted octanol–water partition coefficient (Wildman–Crippen LogP) is 3.51. The van der Waals surface area contributed by atoms with Crippen molar-refractivity contribution >= 4 is 5.97 Å². The summed E-state index contributed by atoms with van der Waals surface area (Å²) in [6, 6.07) is 2.65. The van der Waals surface area contributed by atoms with E-state index in [4.69, 9.17) is 0 Å². The maximum Gasteiger partial charge on any atom is 0.419 e. The zero-order chi connectivity index (χ0) is 13.9. The van der Waals surface area contributed by atoms with E-state index < -0.39 is 29.4 Å². The number of halogens is 4. The maximum absolute atomic E-state index is 13.3. The first kappa shape index (κ1) is 14.5. The summed E-state index contributed by atoms with van der Waals surface area (Å²) >= 11 is 0. The first-order valence-electron chi connectivity index (χ1n) is 5.19. The normalized spacial score (nSPS) is 13.2. The van der Waals surface area contributed by atoms with E-state index in [1.54, 1.807) is 6.92 Å². The molecule has 1 unspecified atom stereocenters. The second-order valence-electron chi connectivity index (χ2n) is 3.92. The molecule has 0 bridgehead atoms. The minimum atomic E-state index is -4.71. The van der Waals surface area contributed by atoms with Crippen LogP contribution in [0.15, 0.2) is 18.2 Å². The highest BCUT2D eigenvalue weighted by molar-refractivity contribution is 5.70. The lowest BCUT2D eigenvalue weighted by Gasteiger charge is -2.13. The fourth-order valence-electron chi connectivity index (χ4n) is 1.52. The first-order chi connectivity index (χ1) is 8.25. The van der Waals surface area contributed by atoms with Crippen molar-refractivity contribution in [2.45, 2.75) is 25.4 Å². The van der Waals surface area contributed by atoms with Crippen molar-refractivity contribution in [2.75, 3.05) is 7.11 Å². The molecule has 0 aliphatic heterocycles. The average Bonchev–Trinajstić information content (AvgIpc) is 2.26. The van der Waals surface area contributed by atoms with Crippen LogP contribution in [0.1, 0.15) is 30.4 Å². The third-order valence-electron chi connectivity index (χ3n) is 2.57. The highest BCUT2D eigenvalue weighted by Gasteiger charge is 2.34. The van der Waals surface area contributed by atoms with Gasteiger partial charge in [-0.15, -0.1) is 0 Å². The lowest BCUT2D eigenvalue weighted by atomic mass is 9.96. The number of esters is 1. The molecule has 0 N–H and O–H groups in total. The monoisotopic (exact) mass is 264 g/mol. The number of alkyl halides is 3. The van der Waals surface area contributed by atoms with Gasteiger partial charge in [0.05, 0.1) is 19.1 Å². The van der Waals surface area contributed by atoms with E-state index in [0.29, 0.717) is 11.6 Å². The molecule has 0 amide bonds. The molecule has 6 heteroatoms. The number of rotatable bonds is 3. The van der Waals surface area contributed by atoms with Crippen LogP contribution in [0, 0.1) is 5.82 Å². The highest BCUT2D eigenvalue weighted by atomic mass is 19.4. The molecule has 0 aliphatic rings. The van der Waals surface area contributed by atoms with Crippen LogP contribution in [0.25, 0.3) is 0 Å². The third kappa shape index (κ3) is 3.45. The molecule has 0 aliphatic carbocycles. The van der Waals surface area contributed by atoms with E-state index in [9.17, 15) is 22.4 Å². The lowest BCUT2D eigenvalue weighted by Crippen LogP contribution is -2.10. The Labute approximate surface area is 102 Å². The van der Waals surface area contributed by atoms with Crippen molar-refractivity contribution in [2.24, 2.45) is 0 Å². The Balaban J connectivity index is 2.94. The van der Waals surface area contributed by atoms with Crippen LogP contribution in [0.4, 0.5) is 17.6 Å². The van der Waals surface area contributed by atoms with Gasteiger partial charge in [0, 0.05) is 0 Å². The van der Waals surface area contributed by atoms with Crippen molar-refractivity contribution in [1.82, 2.24) is 0 Å². The maximum atomic E-state index is 13.3. The topological polar surface area (TPSA) is 26.3 Å². The number of hydrogen-bond acceptors (Lipinski definition) is 2. The molecule has 0 saturated heterocycles. The highest BCUT2D eigenvalue weighted by Crippen LogP contribution is 2.33. The number of benzene rings is 1. The van der Waals surface area contributed by atoms with Gasteiger partial charge in [-0.3, -0.25) is 4.79 Å². The van der Waals surface area contributed by atoms with Gasteiger partial charge >= 0.3 is 12.1 Å². The van der Waals surface area contributed by atoms with E-state index in [1.807, 2.05) is 0 Å². The smallest absolute Gasteiger partial charge is 0.419 e. The average molecular weight is 264 g/mol. The molecule has 0 radical (unpaired) electrons. The van der Waals surface area contributed by atoms with Crippen molar-refractivity contribution in [3.8, 4) is 0 Å². The summed E-state index contributed by atoms with van der Waals surface area (Å²) in [4.78, 5) is 11.0. The van der Waals surface area contributed by atoms with Gasteiger partial charge in [0.15, 0.2) is 0 Å². The summed E-state index contributed by atoms with van der Waals surface area (Å²) in [7, 11) is 1.21. The molecule has 0 spiro atoms. The van der Waals surface area contributed by atoms with Crippen molar-refractivity contribution in [3.63, 3.8) is 0 Å². The van der Waals surface area contributed by atoms with E-state index in [0.717, 1.165) is 6.07 Å². The summed E-state index contributed by atoms with van der Waals surface area (Å²) in [5, 5.41) is 0. The Kier molecular flexibility index (Phi) is 4.32. The Morgan fingerprint density at radius 3 is 2.44 bits per heavy atom. The second-order valence-corrected chi connectivity index (χ2v) is 3.92. The minimum absolute atomic E-state index is 0.0126. The fourth-order valence-corrected chi connectivity index (χ4v) is 1.52. The van der Waals surface area contributed by atoms with Crippen LogP contribution in [-0.4, -0.2) is 13.1 Å². The molecule has 1 rings (SSSR count). The zero-order valence-electron chi connectivity index (χ0n) is 9.84. The Morgan fingerprint density at radius 1 is 1.39 bits per heavy atom. The summed E-state index contributed by atoms with van der Waals surface area (Å²) in [6.07, 6.45) is -4.73. The largest absolute Gasteiger partial charge is 0.469 e. The van der Waals surface area contributed by atoms with Gasteiger partial charge < -0.3 is 4.74 Å². The molecular formula is C12H12F4O2. The molecule has 100 valence electrons. The summed E-state index contributed by atoms with van der Waals surface area (Å²) in [5.41, 5.74) is -0.984. The number of carbonyl (C=O) groups excluding carboxylic acids is 1. The standard InChI is InChI=1S/C12H12F4O2/c1-7(5-11(17)18-2)8-3-4-9(10(13)6-8)12(14,15)16/h3-4,6-7H,5H2,1-2H3. The van der Waals surface area contributed by atoms with Gasteiger partial charge in [0.25, 0.3) is 0 Å². The van der Waals surface area contributed by atoms with Crippen LogP contribution >= 0.6 is 0 Å². The Morgan fingerprint density at radius 2 is 2.00 bits per heavy atom. The van der Waals surface area contributed by atoms with Crippen LogP contribution in [0.5, 0.6) is 0 Å². The van der Waals surface area contributed by atoms with Gasteiger partial charge in [-0.05, 0) is 23.6 Å². The van der Waals surface area contributed by atoms with Crippen LogP contribution in [0.3, 0.4) is 0 Å². The van der Waals surface area contributed by atoms with Gasteiger partial charge in [0.2, 0.25) is 0 Å². The summed E-state index contributed by atoms with van der Waals surface area (Å²) < 4.78 is 54.7. The van der Waals surface area contributed by atoms with Gasteiger partial charge in [-0.25, -0.2) is 4.39 Å². The molecule has 0 fully saturated rings. The molecule has 0 heterocycles. The van der Waals surface area contributed by atoms with Crippen LogP contribution in [0.2, 0.25) is 0 Å². The zero-order valence-corrected chi connectivity index (χ0v) is 9.84. The molecule has 0 saturated carbocycles. The van der Waals surface area contributed by atoms with Crippen molar-refractivity contribution in [1.29, 1.82) is 0 Å². The van der Waals surface area contributed by atoms with Crippen LogP contribution in [-0.2, 0) is 15.7 Å². The molecule has 2 nitrogen and oxygen atoms in total. The minimum Gasteiger partial charge on any atom is -0.469 e. The Bertz CT molecular complexity index is 440. The number of hydrogen-bond donors (Lipinski definition) is 0. The van der Waals surface area contributed by atoms with Crippen molar-refractivity contribution < 1.29 is 27.1 Å².